The molecule has 0 fully saturated rings. The first-order chi connectivity index (χ1) is 16.9. The average Bonchev–Trinajstić information content (AvgIpc) is 3.49. The summed E-state index contributed by atoms with van der Waals surface area (Å²) in [5.41, 5.74) is 5.88. The molecule has 7 rings (SSSR count). The van der Waals surface area contributed by atoms with Gasteiger partial charge in [-0.15, -0.1) is 0 Å². The third-order valence-corrected chi connectivity index (χ3v) is 6.73. The number of rotatable bonds is 2. The van der Waals surface area contributed by atoms with Gasteiger partial charge >= 0.3 is 0 Å². The van der Waals surface area contributed by atoms with Crippen LogP contribution in [0.25, 0.3) is 38.4 Å². The molecule has 1 atom stereocenters. The fraction of sp³-hybridized carbons (Fsp3) is 0.0667. The van der Waals surface area contributed by atoms with E-state index >= 15 is 0 Å². The number of para-hydroxylation sites is 2. The van der Waals surface area contributed by atoms with Gasteiger partial charge in [0.25, 0.3) is 0 Å². The van der Waals surface area contributed by atoms with Crippen LogP contribution in [-0.4, -0.2) is 20.0 Å². The van der Waals surface area contributed by atoms with E-state index < -0.39 is 0 Å². The minimum Gasteiger partial charge on any atom is -0.307 e. The summed E-state index contributed by atoms with van der Waals surface area (Å²) in [6.45, 7) is 0. The van der Waals surface area contributed by atoms with Gasteiger partial charge in [0, 0.05) is 40.4 Å². The standard InChI is InChI=1S/C30H22N4/c1-2-9-23(10-3-1)34-27-13-5-4-11-24(27)25-16-15-21-17-19-33(29(21)30(25)34)28-14-6-12-26(32-28)22-8-7-18-31-20-22/h1-11,13-20,26H,12H2. The third kappa shape index (κ3) is 2.85. The first-order valence-corrected chi connectivity index (χ1v) is 11.6. The molecule has 1 aliphatic heterocycles. The molecule has 0 saturated carbocycles. The molecule has 0 spiro atoms. The number of hydrogen-bond donors (Lipinski definition) is 0. The number of allylic oxidation sites excluding steroid dienone is 1. The van der Waals surface area contributed by atoms with Crippen LogP contribution in [0.1, 0.15) is 18.0 Å². The summed E-state index contributed by atoms with van der Waals surface area (Å²) in [6, 6.07) is 30.1. The fourth-order valence-electron chi connectivity index (χ4n) is 5.19. The second-order valence-corrected chi connectivity index (χ2v) is 8.70. The van der Waals surface area contributed by atoms with Gasteiger partial charge in [-0.05, 0) is 48.4 Å². The maximum atomic E-state index is 5.15. The van der Waals surface area contributed by atoms with E-state index in [-0.39, 0.29) is 6.04 Å². The van der Waals surface area contributed by atoms with Crippen LogP contribution in [-0.2, 0) is 0 Å². The normalized spacial score (nSPS) is 15.9. The highest BCUT2D eigenvalue weighted by Crippen LogP contribution is 2.37. The lowest BCUT2D eigenvalue weighted by Gasteiger charge is -2.18. The second kappa shape index (κ2) is 7.56. The molecule has 0 amide bonds. The maximum absolute atomic E-state index is 5.15. The lowest BCUT2D eigenvalue weighted by molar-refractivity contribution is 0.726. The molecule has 4 heterocycles. The van der Waals surface area contributed by atoms with Gasteiger partial charge in [-0.3, -0.25) is 14.5 Å². The molecule has 1 aliphatic rings. The monoisotopic (exact) mass is 438 g/mol. The van der Waals surface area contributed by atoms with Crippen molar-refractivity contribution in [3.05, 3.63) is 121 Å². The Balaban J connectivity index is 1.54. The van der Waals surface area contributed by atoms with Gasteiger partial charge in [0.1, 0.15) is 5.84 Å². The summed E-state index contributed by atoms with van der Waals surface area (Å²) in [6.07, 6.45) is 11.1. The molecule has 4 nitrogen and oxygen atoms in total. The summed E-state index contributed by atoms with van der Waals surface area (Å²) < 4.78 is 4.63. The van der Waals surface area contributed by atoms with Crippen molar-refractivity contribution in [3.63, 3.8) is 0 Å². The zero-order valence-corrected chi connectivity index (χ0v) is 18.5. The van der Waals surface area contributed by atoms with Crippen LogP contribution < -0.4 is 0 Å². The van der Waals surface area contributed by atoms with E-state index in [1.807, 2.05) is 18.5 Å². The smallest absolute Gasteiger partial charge is 0.132 e. The van der Waals surface area contributed by atoms with Gasteiger partial charge in [0.15, 0.2) is 0 Å². The van der Waals surface area contributed by atoms with Gasteiger partial charge in [-0.2, -0.15) is 0 Å². The quantitative estimate of drug-likeness (QED) is 0.284. The predicted molar refractivity (Wildman–Crippen MR) is 140 cm³/mol. The molecule has 34 heavy (non-hydrogen) atoms. The number of benzene rings is 3. The number of dihydropyridines is 1. The average molecular weight is 439 g/mol. The molecule has 1 unspecified atom stereocenters. The molecular formula is C30H22N4. The van der Waals surface area contributed by atoms with E-state index in [0.717, 1.165) is 23.5 Å². The van der Waals surface area contributed by atoms with E-state index in [9.17, 15) is 0 Å². The van der Waals surface area contributed by atoms with Gasteiger partial charge in [0.05, 0.1) is 22.6 Å². The Bertz CT molecular complexity index is 1720. The molecule has 162 valence electrons. The van der Waals surface area contributed by atoms with E-state index in [2.05, 4.69) is 111 Å². The highest BCUT2D eigenvalue weighted by atomic mass is 15.1. The first-order valence-electron chi connectivity index (χ1n) is 11.6. The molecule has 0 aliphatic carbocycles. The highest BCUT2D eigenvalue weighted by Gasteiger charge is 2.20. The molecular weight excluding hydrogens is 416 g/mol. The Kier molecular flexibility index (Phi) is 4.24. The highest BCUT2D eigenvalue weighted by molar-refractivity contribution is 6.20. The topological polar surface area (TPSA) is 35.1 Å². The number of hydrogen-bond acceptors (Lipinski definition) is 2. The van der Waals surface area contributed by atoms with Crippen molar-refractivity contribution in [2.24, 2.45) is 4.99 Å². The summed E-state index contributed by atoms with van der Waals surface area (Å²) >= 11 is 0. The van der Waals surface area contributed by atoms with Crippen LogP contribution >= 0.6 is 0 Å². The van der Waals surface area contributed by atoms with Crippen molar-refractivity contribution in [1.29, 1.82) is 0 Å². The molecule has 3 aromatic carbocycles. The van der Waals surface area contributed by atoms with Crippen molar-refractivity contribution in [1.82, 2.24) is 14.1 Å². The summed E-state index contributed by atoms with van der Waals surface area (Å²) in [5.74, 6) is 0.951. The molecule has 6 aromatic rings. The lowest BCUT2D eigenvalue weighted by Crippen LogP contribution is -2.14. The van der Waals surface area contributed by atoms with Crippen molar-refractivity contribution < 1.29 is 0 Å². The van der Waals surface area contributed by atoms with E-state index in [4.69, 9.17) is 4.99 Å². The zero-order chi connectivity index (χ0) is 22.5. The molecule has 3 aromatic heterocycles. The Morgan fingerprint density at radius 3 is 2.53 bits per heavy atom. The molecule has 0 saturated heterocycles. The van der Waals surface area contributed by atoms with Gasteiger partial charge in [-0.25, -0.2) is 0 Å². The Morgan fingerprint density at radius 2 is 1.65 bits per heavy atom. The SMILES string of the molecule is C1=CC(n2ccc3ccc4c5ccccc5n(-c5ccccc5)c4c32)=NC(c2cccnc2)C1. The number of aromatic nitrogens is 3. The minimum absolute atomic E-state index is 0.0744. The van der Waals surface area contributed by atoms with Crippen LogP contribution in [0.5, 0.6) is 0 Å². The van der Waals surface area contributed by atoms with Crippen molar-refractivity contribution in [2.75, 3.05) is 0 Å². The van der Waals surface area contributed by atoms with Crippen LogP contribution in [0, 0.1) is 0 Å². The third-order valence-electron chi connectivity index (χ3n) is 6.73. The predicted octanol–water partition coefficient (Wildman–Crippen LogP) is 7.08. The molecule has 4 heteroatoms. The number of nitrogens with zero attached hydrogens (tertiary/aromatic N) is 4. The molecule has 0 bridgehead atoms. The van der Waals surface area contributed by atoms with Gasteiger partial charge in [0.2, 0.25) is 0 Å². The van der Waals surface area contributed by atoms with Crippen LogP contribution in [0.3, 0.4) is 0 Å². The van der Waals surface area contributed by atoms with Crippen molar-refractivity contribution in [2.45, 2.75) is 12.5 Å². The largest absolute Gasteiger partial charge is 0.307 e. The number of fused-ring (bicyclic) bond motifs is 5. The van der Waals surface area contributed by atoms with Crippen molar-refractivity contribution in [3.8, 4) is 5.69 Å². The van der Waals surface area contributed by atoms with Crippen molar-refractivity contribution >= 4 is 38.5 Å². The lowest BCUT2D eigenvalue weighted by atomic mass is 10.0. The Morgan fingerprint density at radius 1 is 0.765 bits per heavy atom. The summed E-state index contributed by atoms with van der Waals surface area (Å²) in [5, 5.41) is 3.70. The van der Waals surface area contributed by atoms with E-state index in [1.165, 1.54) is 32.7 Å². The summed E-state index contributed by atoms with van der Waals surface area (Å²) in [7, 11) is 0. The Hall–Kier alpha value is -4.44. The second-order valence-electron chi connectivity index (χ2n) is 8.70. The number of aliphatic imine (C=N–C) groups is 1. The first kappa shape index (κ1) is 19.1. The summed E-state index contributed by atoms with van der Waals surface area (Å²) in [4.78, 5) is 9.46. The van der Waals surface area contributed by atoms with E-state index in [1.54, 1.807) is 0 Å². The number of pyridine rings is 1. The maximum Gasteiger partial charge on any atom is 0.132 e. The van der Waals surface area contributed by atoms with Crippen LogP contribution in [0.2, 0.25) is 0 Å². The van der Waals surface area contributed by atoms with Gasteiger partial charge in [-0.1, -0.05) is 60.7 Å². The fourth-order valence-corrected chi connectivity index (χ4v) is 5.19. The zero-order valence-electron chi connectivity index (χ0n) is 18.5. The molecule has 0 N–H and O–H groups in total. The minimum atomic E-state index is 0.0744. The van der Waals surface area contributed by atoms with Crippen LogP contribution in [0.4, 0.5) is 0 Å². The molecule has 0 radical (unpaired) electrons. The van der Waals surface area contributed by atoms with Gasteiger partial charge < -0.3 is 4.57 Å². The van der Waals surface area contributed by atoms with E-state index in [0.29, 0.717) is 0 Å². The Labute approximate surface area is 197 Å². The van der Waals surface area contributed by atoms with Crippen LogP contribution in [0.15, 0.2) is 121 Å².